The van der Waals surface area contributed by atoms with Gasteiger partial charge in [-0.15, -0.1) is 0 Å². The van der Waals surface area contributed by atoms with E-state index < -0.39 is 18.1 Å². The molecule has 0 aliphatic carbocycles. The Labute approximate surface area is 187 Å². The summed E-state index contributed by atoms with van der Waals surface area (Å²) in [7, 11) is -5.61. The summed E-state index contributed by atoms with van der Waals surface area (Å²) < 4.78 is 29.2. The molecule has 0 radical (unpaired) electrons. The Morgan fingerprint density at radius 3 is 2.26 bits per heavy atom. The van der Waals surface area contributed by atoms with Gasteiger partial charge in [0.2, 0.25) is 0 Å². The molecule has 3 aromatic rings. The second kappa shape index (κ2) is 8.24. The second-order valence-electron chi connectivity index (χ2n) is 9.33. The predicted molar refractivity (Wildman–Crippen MR) is 131 cm³/mol. The molecule has 0 saturated carbocycles. The maximum absolute atomic E-state index is 13.8. The molecule has 4 nitrogen and oxygen atoms in total. The number of benzene rings is 2. The van der Waals surface area contributed by atoms with Crippen LogP contribution in [0.2, 0.25) is 19.6 Å². The van der Waals surface area contributed by atoms with Crippen LogP contribution in [-0.4, -0.2) is 28.0 Å². The zero-order valence-electron chi connectivity index (χ0n) is 18.7. The number of aryl methyl sites for hydroxylation is 2. The van der Waals surface area contributed by atoms with Gasteiger partial charge >= 0.3 is 0 Å². The number of pyridine rings is 1. The molecule has 4 rings (SSSR count). The molecular formula is C25H30N2O2SSi. The minimum Gasteiger partial charge on any atom is -0.265 e. The number of anilines is 1. The fourth-order valence-electron chi connectivity index (χ4n) is 4.10. The summed E-state index contributed by atoms with van der Waals surface area (Å²) in [6, 6.07) is 19.4. The van der Waals surface area contributed by atoms with Crippen molar-refractivity contribution in [1.29, 1.82) is 0 Å². The van der Waals surface area contributed by atoms with Gasteiger partial charge in [-0.3, -0.25) is 9.29 Å². The van der Waals surface area contributed by atoms with Crippen molar-refractivity contribution in [3.63, 3.8) is 0 Å². The van der Waals surface area contributed by atoms with Crippen LogP contribution in [0.15, 0.2) is 65.6 Å². The summed E-state index contributed by atoms with van der Waals surface area (Å²) in [5, 5.41) is 0.974. The summed E-state index contributed by atoms with van der Waals surface area (Å²) in [4.78, 5) is 5.44. The van der Waals surface area contributed by atoms with Crippen LogP contribution in [0.3, 0.4) is 0 Å². The van der Waals surface area contributed by atoms with Crippen molar-refractivity contribution >= 4 is 29.1 Å². The molecule has 162 valence electrons. The average molecular weight is 451 g/mol. The van der Waals surface area contributed by atoms with Gasteiger partial charge in [-0.1, -0.05) is 67.7 Å². The van der Waals surface area contributed by atoms with Gasteiger partial charge in [0.25, 0.3) is 10.0 Å². The molecule has 1 aliphatic rings. The molecule has 2 aromatic carbocycles. The maximum Gasteiger partial charge on any atom is 0.264 e. The lowest BCUT2D eigenvalue weighted by molar-refractivity contribution is 0.589. The van der Waals surface area contributed by atoms with Crippen LogP contribution in [0.4, 0.5) is 5.69 Å². The van der Waals surface area contributed by atoms with E-state index in [9.17, 15) is 8.42 Å². The van der Waals surface area contributed by atoms with Crippen molar-refractivity contribution in [1.82, 2.24) is 4.98 Å². The van der Waals surface area contributed by atoms with Crippen LogP contribution in [0, 0.1) is 6.92 Å². The van der Waals surface area contributed by atoms with E-state index in [0.29, 0.717) is 11.4 Å². The quantitative estimate of drug-likeness (QED) is 0.518. The first kappa shape index (κ1) is 21.8. The number of aromatic nitrogens is 1. The average Bonchev–Trinajstić information content (AvgIpc) is 2.96. The zero-order valence-corrected chi connectivity index (χ0v) is 20.5. The number of hydrogen-bond acceptors (Lipinski definition) is 3. The Morgan fingerprint density at radius 1 is 0.935 bits per heavy atom. The molecule has 0 spiro atoms. The van der Waals surface area contributed by atoms with E-state index in [-0.39, 0.29) is 0 Å². The highest BCUT2D eigenvalue weighted by molar-refractivity contribution is 7.92. The van der Waals surface area contributed by atoms with E-state index in [1.165, 1.54) is 0 Å². The highest BCUT2D eigenvalue weighted by atomic mass is 32.2. The number of nitrogens with zero attached hydrogens (tertiary/aromatic N) is 2. The summed E-state index contributed by atoms with van der Waals surface area (Å²) in [5.74, 6) is 0. The SMILES string of the molecule is Cc1ccc(S(=O)(=O)N2CCCCc3cc(-c4ccccc4)nc([Si](C)(C)C)c32)cc1. The van der Waals surface area contributed by atoms with Gasteiger partial charge in [-0.2, -0.15) is 0 Å². The summed E-state index contributed by atoms with van der Waals surface area (Å²) in [6.45, 7) is 9.19. The fourth-order valence-corrected chi connectivity index (χ4v) is 7.19. The number of rotatable bonds is 4. The van der Waals surface area contributed by atoms with Gasteiger partial charge in [0.15, 0.2) is 0 Å². The van der Waals surface area contributed by atoms with Crippen LogP contribution in [0.25, 0.3) is 11.3 Å². The van der Waals surface area contributed by atoms with Crippen molar-refractivity contribution in [2.24, 2.45) is 0 Å². The lowest BCUT2D eigenvalue weighted by Gasteiger charge is -2.30. The number of fused-ring (bicyclic) bond motifs is 1. The van der Waals surface area contributed by atoms with Crippen LogP contribution in [0.5, 0.6) is 0 Å². The Bertz CT molecular complexity index is 1180. The van der Waals surface area contributed by atoms with Crippen molar-refractivity contribution in [3.8, 4) is 11.3 Å². The molecular weight excluding hydrogens is 420 g/mol. The van der Waals surface area contributed by atoms with Crippen LogP contribution >= 0.6 is 0 Å². The van der Waals surface area contributed by atoms with Crippen molar-refractivity contribution in [3.05, 3.63) is 71.8 Å². The first-order chi connectivity index (χ1) is 14.7. The Morgan fingerprint density at radius 2 is 1.61 bits per heavy atom. The standard InChI is InChI=1S/C25H30N2O2SSi/c1-19-13-15-22(16-14-19)30(28,29)27-17-9-8-12-21-18-23(20-10-6-5-7-11-20)26-25(24(21)27)31(2,3)4/h5-7,10-11,13-16,18H,8-9,12,17H2,1-4H3. The highest BCUT2D eigenvalue weighted by Gasteiger charge is 2.35. The predicted octanol–water partition coefficient (Wildman–Crippen LogP) is 5.13. The third-order valence-corrected chi connectivity index (χ3v) is 9.35. The molecule has 0 N–H and O–H groups in total. The Hall–Kier alpha value is -2.44. The van der Waals surface area contributed by atoms with Crippen molar-refractivity contribution < 1.29 is 8.42 Å². The van der Waals surface area contributed by atoms with Gasteiger partial charge in [0.05, 0.1) is 16.3 Å². The minimum absolute atomic E-state index is 0.347. The van der Waals surface area contributed by atoms with Crippen LogP contribution in [-0.2, 0) is 16.4 Å². The van der Waals surface area contributed by atoms with Gasteiger partial charge < -0.3 is 0 Å². The van der Waals surface area contributed by atoms with Gasteiger partial charge in [0.1, 0.15) is 8.07 Å². The van der Waals surface area contributed by atoms with E-state index in [0.717, 1.165) is 52.7 Å². The van der Waals surface area contributed by atoms with Crippen LogP contribution in [0.1, 0.15) is 24.0 Å². The van der Waals surface area contributed by atoms with Gasteiger partial charge in [0, 0.05) is 17.4 Å². The summed E-state index contributed by atoms with van der Waals surface area (Å²) in [6.07, 6.45) is 2.68. The third kappa shape index (κ3) is 4.32. The topological polar surface area (TPSA) is 50.3 Å². The van der Waals surface area contributed by atoms with Gasteiger partial charge in [-0.05, 0) is 49.9 Å². The number of hydrogen-bond donors (Lipinski definition) is 0. The molecule has 6 heteroatoms. The lowest BCUT2D eigenvalue weighted by atomic mass is 10.0. The first-order valence-electron chi connectivity index (χ1n) is 10.9. The molecule has 0 bridgehead atoms. The van der Waals surface area contributed by atoms with E-state index in [1.807, 2.05) is 37.3 Å². The van der Waals surface area contributed by atoms with E-state index in [2.05, 4.69) is 37.8 Å². The van der Waals surface area contributed by atoms with E-state index in [4.69, 9.17) is 4.98 Å². The molecule has 31 heavy (non-hydrogen) atoms. The minimum atomic E-state index is -3.66. The zero-order chi connectivity index (χ0) is 22.2. The number of sulfonamides is 1. The molecule has 0 atom stereocenters. The van der Waals surface area contributed by atoms with E-state index >= 15 is 0 Å². The summed E-state index contributed by atoms with van der Waals surface area (Å²) in [5.41, 5.74) is 4.98. The monoisotopic (exact) mass is 450 g/mol. The smallest absolute Gasteiger partial charge is 0.264 e. The molecule has 1 aromatic heterocycles. The first-order valence-corrected chi connectivity index (χ1v) is 15.8. The van der Waals surface area contributed by atoms with Crippen LogP contribution < -0.4 is 9.62 Å². The summed E-state index contributed by atoms with van der Waals surface area (Å²) >= 11 is 0. The van der Waals surface area contributed by atoms with Gasteiger partial charge in [-0.25, -0.2) is 8.42 Å². The van der Waals surface area contributed by atoms with E-state index in [1.54, 1.807) is 16.4 Å². The van der Waals surface area contributed by atoms with Crippen molar-refractivity contribution in [2.75, 3.05) is 10.8 Å². The third-order valence-electron chi connectivity index (χ3n) is 5.77. The normalized spacial score (nSPS) is 14.8. The largest absolute Gasteiger partial charge is 0.265 e. The molecule has 0 amide bonds. The van der Waals surface area contributed by atoms with Crippen molar-refractivity contribution in [2.45, 2.75) is 50.7 Å². The Balaban J connectivity index is 1.94. The molecule has 0 fully saturated rings. The molecule has 1 aliphatic heterocycles. The fraction of sp³-hybridized carbons (Fsp3) is 0.320. The molecule has 0 saturated heterocycles. The maximum atomic E-state index is 13.8. The molecule has 2 heterocycles. The highest BCUT2D eigenvalue weighted by Crippen LogP contribution is 2.33. The Kier molecular flexibility index (Phi) is 5.79. The lowest BCUT2D eigenvalue weighted by Crippen LogP contribution is -2.46. The second-order valence-corrected chi connectivity index (χ2v) is 16.2. The molecule has 0 unspecified atom stereocenters.